The van der Waals surface area contributed by atoms with E-state index in [1.165, 1.54) is 29.7 Å². The van der Waals surface area contributed by atoms with E-state index in [9.17, 15) is 18.0 Å². The number of carbonyl (C=O) groups is 2. The lowest BCUT2D eigenvalue weighted by atomic mass is 9.98. The SMILES string of the molecule is CC(OC(=O)C1CCN(S(=O)(=O)c2cccnc2)CC1)C(=O)NCc1ccccc1. The molecule has 2 aromatic rings. The molecular weight excluding hydrogens is 406 g/mol. The molecule has 0 bridgehead atoms. The van der Waals surface area contributed by atoms with Gasteiger partial charge in [0.25, 0.3) is 5.91 Å². The summed E-state index contributed by atoms with van der Waals surface area (Å²) in [5, 5.41) is 2.74. The number of esters is 1. The van der Waals surface area contributed by atoms with Crippen LogP contribution in [0.25, 0.3) is 0 Å². The molecule has 30 heavy (non-hydrogen) atoms. The molecule has 1 unspecified atom stereocenters. The molecule has 160 valence electrons. The Morgan fingerprint density at radius 1 is 1.17 bits per heavy atom. The summed E-state index contributed by atoms with van der Waals surface area (Å²) >= 11 is 0. The number of piperidine rings is 1. The van der Waals surface area contributed by atoms with Crippen molar-refractivity contribution in [3.05, 3.63) is 60.4 Å². The Bertz CT molecular complexity index is 959. The van der Waals surface area contributed by atoms with Gasteiger partial charge in [0.2, 0.25) is 10.0 Å². The summed E-state index contributed by atoms with van der Waals surface area (Å²) in [7, 11) is -3.63. The van der Waals surface area contributed by atoms with Crippen LogP contribution in [0.4, 0.5) is 0 Å². The number of rotatable bonds is 7. The van der Waals surface area contributed by atoms with Gasteiger partial charge in [0, 0.05) is 32.0 Å². The molecule has 1 aromatic carbocycles. The number of hydrogen-bond acceptors (Lipinski definition) is 6. The van der Waals surface area contributed by atoms with Gasteiger partial charge in [-0.3, -0.25) is 14.6 Å². The number of nitrogens with zero attached hydrogens (tertiary/aromatic N) is 2. The Morgan fingerprint density at radius 3 is 2.50 bits per heavy atom. The second-order valence-electron chi connectivity index (χ2n) is 7.15. The van der Waals surface area contributed by atoms with Gasteiger partial charge in [-0.1, -0.05) is 30.3 Å². The highest BCUT2D eigenvalue weighted by Gasteiger charge is 2.34. The molecule has 9 heteroatoms. The first-order valence-corrected chi connectivity index (χ1v) is 11.2. The van der Waals surface area contributed by atoms with E-state index in [0.717, 1.165) is 5.56 Å². The van der Waals surface area contributed by atoms with Gasteiger partial charge in [-0.25, -0.2) is 8.42 Å². The lowest BCUT2D eigenvalue weighted by molar-refractivity contribution is -0.159. The molecule has 0 saturated carbocycles. The van der Waals surface area contributed by atoms with Gasteiger partial charge in [-0.05, 0) is 37.5 Å². The van der Waals surface area contributed by atoms with Gasteiger partial charge >= 0.3 is 5.97 Å². The Kier molecular flexibility index (Phi) is 7.17. The molecule has 1 saturated heterocycles. The predicted octanol–water partition coefficient (Wildman–Crippen LogP) is 1.73. The number of nitrogens with one attached hydrogen (secondary N) is 1. The zero-order valence-corrected chi connectivity index (χ0v) is 17.5. The monoisotopic (exact) mass is 431 g/mol. The number of amides is 1. The van der Waals surface area contributed by atoms with Crippen molar-refractivity contribution in [1.82, 2.24) is 14.6 Å². The van der Waals surface area contributed by atoms with Crippen molar-refractivity contribution in [2.75, 3.05) is 13.1 Å². The average Bonchev–Trinajstić information content (AvgIpc) is 2.78. The number of hydrogen-bond donors (Lipinski definition) is 1. The molecule has 1 amide bonds. The third-order valence-corrected chi connectivity index (χ3v) is 6.91. The summed E-state index contributed by atoms with van der Waals surface area (Å²) in [5.74, 6) is -1.28. The first kappa shape index (κ1) is 21.9. The lowest BCUT2D eigenvalue weighted by Gasteiger charge is -2.30. The minimum atomic E-state index is -3.63. The molecule has 0 radical (unpaired) electrons. The van der Waals surface area contributed by atoms with Crippen molar-refractivity contribution >= 4 is 21.9 Å². The van der Waals surface area contributed by atoms with Crippen LogP contribution in [0.3, 0.4) is 0 Å². The maximum absolute atomic E-state index is 12.6. The zero-order valence-electron chi connectivity index (χ0n) is 16.7. The Labute approximate surface area is 176 Å². The van der Waals surface area contributed by atoms with Crippen molar-refractivity contribution in [3.63, 3.8) is 0 Å². The van der Waals surface area contributed by atoms with E-state index in [0.29, 0.717) is 19.4 Å². The normalized spacial score (nSPS) is 16.6. The van der Waals surface area contributed by atoms with Gasteiger partial charge < -0.3 is 10.1 Å². The molecule has 1 N–H and O–H groups in total. The topological polar surface area (TPSA) is 106 Å². The molecule has 0 spiro atoms. The summed E-state index contributed by atoms with van der Waals surface area (Å²) < 4.78 is 31.9. The Morgan fingerprint density at radius 2 is 1.87 bits per heavy atom. The van der Waals surface area contributed by atoms with E-state index in [4.69, 9.17) is 4.74 Å². The summed E-state index contributed by atoms with van der Waals surface area (Å²) in [6, 6.07) is 12.5. The second kappa shape index (κ2) is 9.82. The predicted molar refractivity (Wildman–Crippen MR) is 110 cm³/mol. The van der Waals surface area contributed by atoms with E-state index in [1.807, 2.05) is 30.3 Å². The van der Waals surface area contributed by atoms with Crippen molar-refractivity contribution in [3.8, 4) is 0 Å². The van der Waals surface area contributed by atoms with E-state index in [-0.39, 0.29) is 23.9 Å². The molecule has 1 aliphatic heterocycles. The summed E-state index contributed by atoms with van der Waals surface area (Å²) in [6.45, 7) is 2.31. The van der Waals surface area contributed by atoms with Crippen LogP contribution in [-0.4, -0.2) is 48.8 Å². The maximum Gasteiger partial charge on any atom is 0.309 e. The fourth-order valence-electron chi connectivity index (χ4n) is 3.23. The third-order valence-electron chi connectivity index (χ3n) is 5.03. The standard InChI is InChI=1S/C21H25N3O5S/c1-16(20(25)23-14-17-6-3-2-4-7-17)29-21(26)18-9-12-24(13-10-18)30(27,28)19-8-5-11-22-15-19/h2-8,11,15-16,18H,9-10,12-14H2,1H3,(H,23,25). The number of aromatic nitrogens is 1. The van der Waals surface area contributed by atoms with E-state index >= 15 is 0 Å². The molecule has 8 nitrogen and oxygen atoms in total. The first-order chi connectivity index (χ1) is 14.4. The van der Waals surface area contributed by atoms with Crippen LogP contribution in [0.1, 0.15) is 25.3 Å². The highest BCUT2D eigenvalue weighted by molar-refractivity contribution is 7.89. The van der Waals surface area contributed by atoms with Crippen LogP contribution in [0.5, 0.6) is 0 Å². The molecule has 1 atom stereocenters. The number of ether oxygens (including phenoxy) is 1. The molecule has 1 aromatic heterocycles. The van der Waals surface area contributed by atoms with Crippen LogP contribution >= 0.6 is 0 Å². The molecule has 3 rings (SSSR count). The maximum atomic E-state index is 12.6. The molecular formula is C21H25N3O5S. The largest absolute Gasteiger partial charge is 0.452 e. The van der Waals surface area contributed by atoms with Gasteiger partial charge in [-0.15, -0.1) is 0 Å². The van der Waals surface area contributed by atoms with E-state index in [2.05, 4.69) is 10.3 Å². The minimum Gasteiger partial charge on any atom is -0.452 e. The number of carbonyl (C=O) groups excluding carboxylic acids is 2. The Hall–Kier alpha value is -2.78. The summed E-state index contributed by atoms with van der Waals surface area (Å²) in [6.07, 6.45) is 2.59. The number of pyridine rings is 1. The molecule has 0 aliphatic carbocycles. The molecule has 1 fully saturated rings. The fourth-order valence-corrected chi connectivity index (χ4v) is 4.67. The van der Waals surface area contributed by atoms with Crippen molar-refractivity contribution in [1.29, 1.82) is 0 Å². The van der Waals surface area contributed by atoms with Crippen LogP contribution < -0.4 is 5.32 Å². The van der Waals surface area contributed by atoms with Gasteiger partial charge in [0.05, 0.1) is 5.92 Å². The molecule has 1 aliphatic rings. The second-order valence-corrected chi connectivity index (χ2v) is 9.09. The van der Waals surface area contributed by atoms with E-state index < -0.39 is 28.0 Å². The van der Waals surface area contributed by atoms with Crippen LogP contribution in [0.15, 0.2) is 59.8 Å². The third kappa shape index (κ3) is 5.43. The molecule has 2 heterocycles. The number of sulfonamides is 1. The van der Waals surface area contributed by atoms with Crippen molar-refractivity contribution in [2.24, 2.45) is 5.92 Å². The summed E-state index contributed by atoms with van der Waals surface area (Å²) in [4.78, 5) is 28.6. The highest BCUT2D eigenvalue weighted by Crippen LogP contribution is 2.24. The average molecular weight is 432 g/mol. The highest BCUT2D eigenvalue weighted by atomic mass is 32.2. The number of benzene rings is 1. The van der Waals surface area contributed by atoms with Gasteiger partial charge in [-0.2, -0.15) is 4.31 Å². The van der Waals surface area contributed by atoms with Crippen LogP contribution in [0, 0.1) is 5.92 Å². The van der Waals surface area contributed by atoms with Crippen LogP contribution in [0.2, 0.25) is 0 Å². The van der Waals surface area contributed by atoms with Gasteiger partial charge in [0.15, 0.2) is 6.10 Å². The van der Waals surface area contributed by atoms with E-state index in [1.54, 1.807) is 6.07 Å². The van der Waals surface area contributed by atoms with Gasteiger partial charge in [0.1, 0.15) is 4.90 Å². The minimum absolute atomic E-state index is 0.134. The summed E-state index contributed by atoms with van der Waals surface area (Å²) in [5.41, 5.74) is 0.951. The smallest absolute Gasteiger partial charge is 0.309 e. The zero-order chi connectivity index (χ0) is 21.6. The van der Waals surface area contributed by atoms with Crippen molar-refractivity contribution in [2.45, 2.75) is 37.3 Å². The quantitative estimate of drug-likeness (QED) is 0.670. The fraction of sp³-hybridized carbons (Fsp3) is 0.381. The Balaban J connectivity index is 1.47. The first-order valence-electron chi connectivity index (χ1n) is 9.80. The van der Waals surface area contributed by atoms with Crippen LogP contribution in [-0.2, 0) is 30.9 Å². The lowest BCUT2D eigenvalue weighted by Crippen LogP contribution is -2.42. The van der Waals surface area contributed by atoms with Crippen molar-refractivity contribution < 1.29 is 22.7 Å².